The molecule has 0 aliphatic carbocycles. The second-order valence-corrected chi connectivity index (χ2v) is 5.42. The average molecular weight is 224 g/mol. The minimum absolute atomic E-state index is 0.108. The largest absolute Gasteiger partial charge is 0.271 e. The summed E-state index contributed by atoms with van der Waals surface area (Å²) >= 11 is 0. The van der Waals surface area contributed by atoms with E-state index in [1.807, 2.05) is 12.1 Å². The van der Waals surface area contributed by atoms with Crippen molar-refractivity contribution in [2.45, 2.75) is 39.7 Å². The first-order chi connectivity index (χ1) is 7.42. The van der Waals surface area contributed by atoms with E-state index in [2.05, 4.69) is 26.2 Å². The van der Waals surface area contributed by atoms with Gasteiger partial charge in [0.2, 0.25) is 0 Å². The maximum atomic E-state index is 13.5. The van der Waals surface area contributed by atoms with Crippen LogP contribution in [0.4, 0.5) is 4.39 Å². The van der Waals surface area contributed by atoms with Crippen LogP contribution in [0.1, 0.15) is 32.8 Å². The summed E-state index contributed by atoms with van der Waals surface area (Å²) in [5, 5.41) is 0. The van der Waals surface area contributed by atoms with E-state index >= 15 is 0 Å². The molecule has 1 atom stereocenters. The zero-order chi connectivity index (χ0) is 12.2. The van der Waals surface area contributed by atoms with Gasteiger partial charge in [-0.1, -0.05) is 39.0 Å². The highest BCUT2D eigenvalue weighted by Gasteiger charge is 2.18. The standard InChI is InChI=1S/C13H21FN2/c1-13(2,3)9-11(16-15)8-10-6-4-5-7-12(10)14/h4-7,11,16H,8-9,15H2,1-3H3. The molecular formula is C13H21FN2. The molecule has 3 heteroatoms. The van der Waals surface area contributed by atoms with E-state index in [-0.39, 0.29) is 17.3 Å². The van der Waals surface area contributed by atoms with Gasteiger partial charge < -0.3 is 0 Å². The summed E-state index contributed by atoms with van der Waals surface area (Å²) in [5.41, 5.74) is 3.67. The highest BCUT2D eigenvalue weighted by Crippen LogP contribution is 2.22. The van der Waals surface area contributed by atoms with Crippen molar-refractivity contribution < 1.29 is 4.39 Å². The summed E-state index contributed by atoms with van der Waals surface area (Å²) in [6, 6.07) is 6.95. The monoisotopic (exact) mass is 224 g/mol. The lowest BCUT2D eigenvalue weighted by Crippen LogP contribution is -2.39. The second-order valence-electron chi connectivity index (χ2n) is 5.42. The molecule has 0 fully saturated rings. The van der Waals surface area contributed by atoms with Crippen molar-refractivity contribution >= 4 is 0 Å². The molecule has 0 aromatic heterocycles. The number of benzene rings is 1. The molecule has 0 saturated carbocycles. The molecule has 2 nitrogen and oxygen atoms in total. The van der Waals surface area contributed by atoms with Crippen molar-refractivity contribution in [2.75, 3.05) is 0 Å². The summed E-state index contributed by atoms with van der Waals surface area (Å²) in [7, 11) is 0. The first kappa shape index (κ1) is 13.1. The highest BCUT2D eigenvalue weighted by molar-refractivity contribution is 5.18. The highest BCUT2D eigenvalue weighted by atomic mass is 19.1. The third-order valence-corrected chi connectivity index (χ3v) is 2.52. The van der Waals surface area contributed by atoms with Gasteiger partial charge in [0.1, 0.15) is 5.82 Å². The van der Waals surface area contributed by atoms with Crippen molar-refractivity contribution in [2.24, 2.45) is 11.3 Å². The maximum Gasteiger partial charge on any atom is 0.126 e. The molecule has 0 saturated heterocycles. The number of nitrogens with one attached hydrogen (secondary N) is 1. The van der Waals surface area contributed by atoms with Crippen LogP contribution >= 0.6 is 0 Å². The van der Waals surface area contributed by atoms with E-state index < -0.39 is 0 Å². The van der Waals surface area contributed by atoms with E-state index in [0.717, 1.165) is 12.0 Å². The number of hydrogen-bond donors (Lipinski definition) is 2. The van der Waals surface area contributed by atoms with Crippen LogP contribution in [0.5, 0.6) is 0 Å². The minimum atomic E-state index is -0.156. The van der Waals surface area contributed by atoms with Crippen molar-refractivity contribution in [1.82, 2.24) is 5.43 Å². The van der Waals surface area contributed by atoms with Crippen molar-refractivity contribution in [3.05, 3.63) is 35.6 Å². The normalized spacial score (nSPS) is 13.8. The van der Waals surface area contributed by atoms with Crippen LogP contribution < -0.4 is 11.3 Å². The molecule has 1 aromatic rings. The molecule has 0 spiro atoms. The molecule has 0 aliphatic rings. The first-order valence-corrected chi connectivity index (χ1v) is 5.62. The Kier molecular flexibility index (Phi) is 4.44. The van der Waals surface area contributed by atoms with Gasteiger partial charge in [0.15, 0.2) is 0 Å². The predicted molar refractivity (Wildman–Crippen MR) is 65.3 cm³/mol. The quantitative estimate of drug-likeness (QED) is 0.609. The van der Waals surface area contributed by atoms with Crippen LogP contribution in [0.25, 0.3) is 0 Å². The summed E-state index contributed by atoms with van der Waals surface area (Å²) < 4.78 is 13.5. The summed E-state index contributed by atoms with van der Waals surface area (Å²) in [5.74, 6) is 5.35. The van der Waals surface area contributed by atoms with Gasteiger partial charge >= 0.3 is 0 Å². The fraction of sp³-hybridized carbons (Fsp3) is 0.538. The van der Waals surface area contributed by atoms with Crippen LogP contribution in [-0.4, -0.2) is 6.04 Å². The molecule has 90 valence electrons. The Hall–Kier alpha value is -0.930. The zero-order valence-electron chi connectivity index (χ0n) is 10.3. The molecule has 16 heavy (non-hydrogen) atoms. The van der Waals surface area contributed by atoms with Crippen LogP contribution in [-0.2, 0) is 6.42 Å². The van der Waals surface area contributed by atoms with E-state index in [1.54, 1.807) is 6.07 Å². The Morgan fingerprint density at radius 3 is 2.44 bits per heavy atom. The zero-order valence-corrected chi connectivity index (χ0v) is 10.3. The average Bonchev–Trinajstić information content (AvgIpc) is 2.18. The Morgan fingerprint density at radius 1 is 1.31 bits per heavy atom. The predicted octanol–water partition coefficient (Wildman–Crippen LogP) is 2.64. The van der Waals surface area contributed by atoms with Crippen LogP contribution in [0, 0.1) is 11.2 Å². The Morgan fingerprint density at radius 2 is 1.94 bits per heavy atom. The van der Waals surface area contributed by atoms with E-state index in [4.69, 9.17) is 5.84 Å². The second kappa shape index (κ2) is 5.41. The van der Waals surface area contributed by atoms with Crippen molar-refractivity contribution in [1.29, 1.82) is 0 Å². The molecule has 1 unspecified atom stereocenters. The molecule has 1 aromatic carbocycles. The third kappa shape index (κ3) is 4.29. The van der Waals surface area contributed by atoms with Gasteiger partial charge in [-0.05, 0) is 29.9 Å². The lowest BCUT2D eigenvalue weighted by Gasteiger charge is -2.25. The van der Waals surface area contributed by atoms with E-state index in [9.17, 15) is 4.39 Å². The summed E-state index contributed by atoms with van der Waals surface area (Å²) in [6.07, 6.45) is 1.54. The van der Waals surface area contributed by atoms with Gasteiger partial charge in [-0.15, -0.1) is 0 Å². The third-order valence-electron chi connectivity index (χ3n) is 2.52. The van der Waals surface area contributed by atoms with Gasteiger partial charge in [-0.3, -0.25) is 11.3 Å². The molecule has 0 amide bonds. The summed E-state index contributed by atoms with van der Waals surface area (Å²) in [6.45, 7) is 6.45. The topological polar surface area (TPSA) is 38.0 Å². The van der Waals surface area contributed by atoms with Gasteiger partial charge in [0.05, 0.1) is 0 Å². The minimum Gasteiger partial charge on any atom is -0.271 e. The molecule has 3 N–H and O–H groups in total. The molecule has 0 heterocycles. The number of halogens is 1. The first-order valence-electron chi connectivity index (χ1n) is 5.62. The van der Waals surface area contributed by atoms with E-state index in [1.165, 1.54) is 6.07 Å². The fourth-order valence-corrected chi connectivity index (χ4v) is 1.86. The Balaban J connectivity index is 2.67. The van der Waals surface area contributed by atoms with Crippen LogP contribution in [0.3, 0.4) is 0 Å². The Labute approximate surface area is 97.0 Å². The molecule has 0 radical (unpaired) electrons. The smallest absolute Gasteiger partial charge is 0.126 e. The van der Waals surface area contributed by atoms with Gasteiger partial charge in [0, 0.05) is 6.04 Å². The number of rotatable bonds is 4. The maximum absolute atomic E-state index is 13.5. The van der Waals surface area contributed by atoms with Crippen LogP contribution in [0.15, 0.2) is 24.3 Å². The molecular weight excluding hydrogens is 203 g/mol. The van der Waals surface area contributed by atoms with Crippen molar-refractivity contribution in [3.8, 4) is 0 Å². The molecule has 0 aliphatic heterocycles. The SMILES string of the molecule is CC(C)(C)CC(Cc1ccccc1F)NN. The number of hydrazine groups is 1. The lowest BCUT2D eigenvalue weighted by atomic mass is 9.86. The molecule has 1 rings (SSSR count). The number of hydrogen-bond acceptors (Lipinski definition) is 2. The molecule has 0 bridgehead atoms. The van der Waals surface area contributed by atoms with E-state index in [0.29, 0.717) is 6.42 Å². The number of nitrogens with two attached hydrogens (primary N) is 1. The fourth-order valence-electron chi connectivity index (χ4n) is 1.86. The van der Waals surface area contributed by atoms with Gasteiger partial charge in [-0.2, -0.15) is 0 Å². The Bertz CT molecular complexity index is 331. The van der Waals surface area contributed by atoms with Gasteiger partial charge in [0.25, 0.3) is 0 Å². The van der Waals surface area contributed by atoms with Gasteiger partial charge in [-0.25, -0.2) is 4.39 Å². The lowest BCUT2D eigenvalue weighted by molar-refractivity contribution is 0.307. The summed E-state index contributed by atoms with van der Waals surface area (Å²) in [4.78, 5) is 0. The van der Waals surface area contributed by atoms with Crippen molar-refractivity contribution in [3.63, 3.8) is 0 Å². The van der Waals surface area contributed by atoms with Crippen LogP contribution in [0.2, 0.25) is 0 Å².